The van der Waals surface area contributed by atoms with Crippen molar-refractivity contribution in [1.29, 1.82) is 0 Å². The Morgan fingerprint density at radius 1 is 0.500 bits per heavy atom. The molecule has 2 fully saturated rings. The summed E-state index contributed by atoms with van der Waals surface area (Å²) in [5, 5.41) is 0. The average Bonchev–Trinajstić information content (AvgIpc) is 3.89. The van der Waals surface area contributed by atoms with Crippen molar-refractivity contribution in [3.8, 4) is 33.4 Å². The first kappa shape index (κ1) is 33.2. The predicted molar refractivity (Wildman–Crippen MR) is 220 cm³/mol. The van der Waals surface area contributed by atoms with Gasteiger partial charge in [-0.05, 0) is 133 Å². The number of aryl methyl sites for hydroxylation is 1. The van der Waals surface area contributed by atoms with E-state index in [1.54, 1.807) is 0 Å². The Labute approximate surface area is 312 Å². The smallest absolute Gasteiger partial charge is 0.0622 e. The highest BCUT2D eigenvalue weighted by atomic mass is 14.6. The zero-order chi connectivity index (χ0) is 36.0. The van der Waals surface area contributed by atoms with E-state index in [1.165, 1.54) is 85.2 Å². The fraction of sp³-hybridized carbons (Fsp3) is 0.308. The van der Waals surface area contributed by atoms with Crippen molar-refractivity contribution in [3.05, 3.63) is 178 Å². The minimum atomic E-state index is -0.333. The van der Waals surface area contributed by atoms with E-state index < -0.39 is 0 Å². The molecule has 4 aliphatic rings. The molecule has 0 bridgehead atoms. The molecule has 5 atom stereocenters. The van der Waals surface area contributed by atoms with Crippen LogP contribution in [0.1, 0.15) is 105 Å². The summed E-state index contributed by atoms with van der Waals surface area (Å²) < 4.78 is 0. The van der Waals surface area contributed by atoms with Gasteiger partial charge in [0.1, 0.15) is 0 Å². The number of benzene rings is 6. The maximum Gasteiger partial charge on any atom is 0.0719 e. The molecule has 0 saturated heterocycles. The van der Waals surface area contributed by atoms with Gasteiger partial charge in [0, 0.05) is 0 Å². The Morgan fingerprint density at radius 2 is 1.06 bits per heavy atom. The molecule has 0 N–H and O–H groups in total. The van der Waals surface area contributed by atoms with Crippen LogP contribution in [0, 0.1) is 29.6 Å². The maximum atomic E-state index is 2.52. The number of fused-ring (bicyclic) bond motifs is 12. The molecule has 0 radical (unpaired) electrons. The van der Waals surface area contributed by atoms with E-state index in [2.05, 4.69) is 188 Å². The highest BCUT2D eigenvalue weighted by Crippen LogP contribution is 2.67. The molecule has 0 heteroatoms. The summed E-state index contributed by atoms with van der Waals surface area (Å²) >= 11 is 0. The zero-order valence-corrected chi connectivity index (χ0v) is 32.0. The third kappa shape index (κ3) is 4.79. The van der Waals surface area contributed by atoms with Crippen LogP contribution in [0.15, 0.2) is 140 Å². The summed E-state index contributed by atoms with van der Waals surface area (Å²) in [4.78, 5) is 0. The van der Waals surface area contributed by atoms with Crippen LogP contribution >= 0.6 is 0 Å². The van der Waals surface area contributed by atoms with Crippen LogP contribution in [0.5, 0.6) is 0 Å². The molecule has 0 heterocycles. The average molecular weight is 677 g/mol. The topological polar surface area (TPSA) is 0 Å². The first-order valence-corrected chi connectivity index (χ1v) is 19.6. The number of rotatable bonds is 2. The summed E-state index contributed by atoms with van der Waals surface area (Å²) in [6.07, 6.45) is 2.62. The van der Waals surface area contributed by atoms with Gasteiger partial charge in [0.15, 0.2) is 0 Å². The molecular weight excluding hydrogens is 625 g/mol. The molecule has 5 unspecified atom stereocenters. The molecule has 10 rings (SSSR count). The fourth-order valence-electron chi connectivity index (χ4n) is 10.7. The van der Waals surface area contributed by atoms with E-state index in [4.69, 9.17) is 0 Å². The summed E-state index contributed by atoms with van der Waals surface area (Å²) in [5.41, 5.74) is 18.8. The van der Waals surface area contributed by atoms with Crippen LogP contribution in [-0.2, 0) is 5.41 Å². The first-order valence-electron chi connectivity index (χ1n) is 19.6. The lowest BCUT2D eigenvalue weighted by Gasteiger charge is -2.38. The molecule has 1 spiro atoms. The zero-order valence-electron chi connectivity index (χ0n) is 32.0. The number of hydrogen-bond donors (Lipinski definition) is 0. The standard InChI is InChI=1S/C41H30.C11H22/c1-26-11-10-18-39-40(26)35-24-30(28-14-6-3-7-15-28)20-22-38(35)41(39)36-17-9-8-16-31(36)32-25-33(32)34-23-29(19-21-37(34)41)27-12-4-2-5-13-27;1-8-7-10(3,4)11(5,6)9(8)2/h2-24,32-33H,25H2,1H3;8-9H,7H2,1-6H3. The second-order valence-electron chi connectivity index (χ2n) is 17.7. The van der Waals surface area contributed by atoms with Crippen LogP contribution in [0.4, 0.5) is 0 Å². The molecule has 260 valence electrons. The van der Waals surface area contributed by atoms with E-state index in [1.807, 2.05) is 0 Å². The van der Waals surface area contributed by atoms with Crippen molar-refractivity contribution in [1.82, 2.24) is 0 Å². The second kappa shape index (κ2) is 11.9. The minimum absolute atomic E-state index is 0.333. The van der Waals surface area contributed by atoms with Gasteiger partial charge in [0.25, 0.3) is 0 Å². The van der Waals surface area contributed by atoms with Gasteiger partial charge in [-0.3, -0.25) is 0 Å². The van der Waals surface area contributed by atoms with E-state index in [0.717, 1.165) is 11.8 Å². The third-order valence-corrected chi connectivity index (χ3v) is 14.6. The Bertz CT molecular complexity index is 2300. The molecular formula is C52H52. The summed E-state index contributed by atoms with van der Waals surface area (Å²) in [6, 6.07) is 52.6. The monoisotopic (exact) mass is 676 g/mol. The van der Waals surface area contributed by atoms with Crippen molar-refractivity contribution < 1.29 is 0 Å². The molecule has 4 aliphatic carbocycles. The largest absolute Gasteiger partial charge is 0.0719 e. The quantitative estimate of drug-likeness (QED) is 0.171. The van der Waals surface area contributed by atoms with Crippen LogP contribution < -0.4 is 0 Å². The minimum Gasteiger partial charge on any atom is -0.0622 e. The van der Waals surface area contributed by atoms with Crippen molar-refractivity contribution in [3.63, 3.8) is 0 Å². The van der Waals surface area contributed by atoms with Gasteiger partial charge in [-0.15, -0.1) is 0 Å². The Morgan fingerprint density at radius 3 is 1.67 bits per heavy atom. The van der Waals surface area contributed by atoms with E-state index >= 15 is 0 Å². The van der Waals surface area contributed by atoms with Crippen LogP contribution in [0.2, 0.25) is 0 Å². The van der Waals surface area contributed by atoms with Gasteiger partial charge in [-0.2, -0.15) is 0 Å². The third-order valence-electron chi connectivity index (χ3n) is 14.6. The number of hydrogen-bond acceptors (Lipinski definition) is 0. The summed E-state index contributed by atoms with van der Waals surface area (Å²) in [5.74, 6) is 2.92. The van der Waals surface area contributed by atoms with Crippen LogP contribution in [-0.4, -0.2) is 0 Å². The molecule has 0 nitrogen and oxygen atoms in total. The summed E-state index contributed by atoms with van der Waals surface area (Å²) in [6.45, 7) is 16.7. The van der Waals surface area contributed by atoms with Gasteiger partial charge < -0.3 is 0 Å². The molecule has 0 amide bonds. The molecule has 52 heavy (non-hydrogen) atoms. The highest BCUT2D eigenvalue weighted by Gasteiger charge is 2.55. The molecule has 0 aliphatic heterocycles. The molecule has 2 saturated carbocycles. The van der Waals surface area contributed by atoms with Crippen LogP contribution in [0.25, 0.3) is 33.4 Å². The lowest BCUT2D eigenvalue weighted by molar-refractivity contribution is 0.113. The molecule has 6 aromatic carbocycles. The normalized spacial score (nSPS) is 25.1. The lowest BCUT2D eigenvalue weighted by atomic mass is 9.65. The van der Waals surface area contributed by atoms with Crippen molar-refractivity contribution in [2.24, 2.45) is 22.7 Å². The van der Waals surface area contributed by atoms with Gasteiger partial charge in [-0.25, -0.2) is 0 Å². The van der Waals surface area contributed by atoms with Crippen molar-refractivity contribution >= 4 is 0 Å². The maximum absolute atomic E-state index is 2.52. The van der Waals surface area contributed by atoms with Gasteiger partial charge >= 0.3 is 0 Å². The lowest BCUT2D eigenvalue weighted by Crippen LogP contribution is -2.30. The van der Waals surface area contributed by atoms with E-state index in [9.17, 15) is 0 Å². The Kier molecular flexibility index (Phi) is 7.61. The molecule has 6 aromatic rings. The van der Waals surface area contributed by atoms with E-state index in [-0.39, 0.29) is 5.41 Å². The predicted octanol–water partition coefficient (Wildman–Crippen LogP) is 14.0. The molecule has 0 aromatic heterocycles. The van der Waals surface area contributed by atoms with Gasteiger partial charge in [-0.1, -0.05) is 175 Å². The Hall–Kier alpha value is -4.68. The van der Waals surface area contributed by atoms with Crippen LogP contribution in [0.3, 0.4) is 0 Å². The SMILES string of the molecule is CC1CC(C)(C)C(C)(C)C1C.Cc1cccc2c1-c1cc(-c3ccccc3)ccc1C21c2ccccc2C2CC2c2cc(-c3ccccc3)ccc21. The second-order valence-corrected chi connectivity index (χ2v) is 17.7. The first-order chi connectivity index (χ1) is 25.0. The Balaban J connectivity index is 0.000000283. The van der Waals surface area contributed by atoms with Crippen molar-refractivity contribution in [2.75, 3.05) is 0 Å². The van der Waals surface area contributed by atoms with E-state index in [0.29, 0.717) is 22.7 Å². The highest BCUT2D eigenvalue weighted by molar-refractivity contribution is 5.91. The van der Waals surface area contributed by atoms with Gasteiger partial charge in [0.05, 0.1) is 5.41 Å². The van der Waals surface area contributed by atoms with Crippen molar-refractivity contribution in [2.45, 2.75) is 78.6 Å². The fourth-order valence-corrected chi connectivity index (χ4v) is 10.7. The summed E-state index contributed by atoms with van der Waals surface area (Å²) in [7, 11) is 0. The van der Waals surface area contributed by atoms with Gasteiger partial charge in [0.2, 0.25) is 0 Å².